The number of hydrogen-bond donors (Lipinski definition) is 1. The van der Waals surface area contributed by atoms with Crippen molar-refractivity contribution < 1.29 is 4.42 Å². The molecule has 0 aliphatic rings. The van der Waals surface area contributed by atoms with Crippen molar-refractivity contribution in [1.29, 1.82) is 0 Å². The average Bonchev–Trinajstić information content (AvgIpc) is 3.25. The second-order valence-electron chi connectivity index (χ2n) is 6.12. The van der Waals surface area contributed by atoms with Crippen molar-refractivity contribution in [2.24, 2.45) is 4.99 Å². The maximum Gasteiger partial charge on any atom is 0.226 e. The number of benzene rings is 1. The largest absolute Gasteiger partial charge is 0.444 e. The monoisotopic (exact) mass is 497 g/mol. The van der Waals surface area contributed by atoms with Crippen molar-refractivity contribution >= 4 is 41.3 Å². The molecule has 0 radical (unpaired) electrons. The topological polar surface area (TPSA) is 66.6 Å². The Morgan fingerprint density at radius 3 is 2.56 bits per heavy atom. The number of hydrogen-bond acceptors (Lipinski definition) is 5. The van der Waals surface area contributed by atoms with Gasteiger partial charge in [0.2, 0.25) is 5.89 Å². The predicted molar refractivity (Wildman–Crippen MR) is 121 cm³/mol. The molecule has 0 aliphatic heterocycles. The molecule has 8 heteroatoms. The Labute approximate surface area is 180 Å². The molecule has 144 valence electrons. The third kappa shape index (κ3) is 5.77. The molecule has 0 aliphatic carbocycles. The van der Waals surface area contributed by atoms with Crippen LogP contribution in [-0.2, 0) is 13.1 Å². The second-order valence-corrected chi connectivity index (χ2v) is 7.19. The van der Waals surface area contributed by atoms with Gasteiger partial charge in [0.1, 0.15) is 6.26 Å². The lowest BCUT2D eigenvalue weighted by molar-refractivity contribution is 0.470. The van der Waals surface area contributed by atoms with Crippen LogP contribution < -0.4 is 5.32 Å². The lowest BCUT2D eigenvalue weighted by atomic mass is 10.1. The molecule has 2 heterocycles. The summed E-state index contributed by atoms with van der Waals surface area (Å²) in [5.74, 6) is 1.42. The van der Waals surface area contributed by atoms with E-state index in [1.54, 1.807) is 24.6 Å². The number of thiazole rings is 1. The van der Waals surface area contributed by atoms with Gasteiger partial charge in [-0.05, 0) is 26.0 Å². The van der Waals surface area contributed by atoms with Crippen LogP contribution in [0.15, 0.2) is 45.3 Å². The maximum atomic E-state index is 5.60. The summed E-state index contributed by atoms with van der Waals surface area (Å²) in [6.07, 6.45) is 1.68. The van der Waals surface area contributed by atoms with Crippen LogP contribution in [0.1, 0.15) is 22.0 Å². The van der Waals surface area contributed by atoms with Crippen molar-refractivity contribution in [2.45, 2.75) is 26.9 Å². The summed E-state index contributed by atoms with van der Waals surface area (Å²) in [7, 11) is 3.76. The maximum absolute atomic E-state index is 5.60. The zero-order chi connectivity index (χ0) is 18.5. The first-order valence-electron chi connectivity index (χ1n) is 8.39. The van der Waals surface area contributed by atoms with Gasteiger partial charge in [0, 0.05) is 25.0 Å². The summed E-state index contributed by atoms with van der Waals surface area (Å²) in [5, 5.41) is 6.46. The van der Waals surface area contributed by atoms with E-state index >= 15 is 0 Å². The van der Waals surface area contributed by atoms with E-state index in [1.807, 2.05) is 31.0 Å². The molecule has 0 fully saturated rings. The first kappa shape index (κ1) is 21.4. The number of aryl methyl sites for hydroxylation is 2. The molecule has 0 unspecified atom stereocenters. The highest BCUT2D eigenvalue weighted by Gasteiger charge is 2.11. The molecule has 3 rings (SSSR count). The van der Waals surface area contributed by atoms with Crippen LogP contribution in [0, 0.1) is 13.8 Å². The molecule has 0 bridgehead atoms. The number of nitrogens with one attached hydrogen (secondary N) is 1. The normalized spacial score (nSPS) is 11.2. The van der Waals surface area contributed by atoms with Gasteiger partial charge in [-0.15, -0.1) is 35.3 Å². The molecular weight excluding hydrogens is 473 g/mol. The minimum Gasteiger partial charge on any atom is -0.444 e. The number of aromatic nitrogens is 2. The van der Waals surface area contributed by atoms with Crippen LogP contribution in [0.3, 0.4) is 0 Å². The molecular formula is C19H24IN5OS. The van der Waals surface area contributed by atoms with Gasteiger partial charge in [0.15, 0.2) is 5.96 Å². The molecule has 0 saturated heterocycles. The SMILES string of the molecule is CN=C(NCc1coc(-c2ccc(C)cc2)n1)N(C)Cc1csc(C)n1.I. The minimum atomic E-state index is 0. The van der Waals surface area contributed by atoms with E-state index in [-0.39, 0.29) is 24.0 Å². The van der Waals surface area contributed by atoms with E-state index in [2.05, 4.69) is 44.7 Å². The van der Waals surface area contributed by atoms with Crippen molar-refractivity contribution in [1.82, 2.24) is 20.2 Å². The smallest absolute Gasteiger partial charge is 0.226 e. The molecule has 1 N–H and O–H groups in total. The van der Waals surface area contributed by atoms with Crippen LogP contribution in [0.4, 0.5) is 0 Å². The van der Waals surface area contributed by atoms with Crippen LogP contribution >= 0.6 is 35.3 Å². The van der Waals surface area contributed by atoms with E-state index in [0.717, 1.165) is 27.9 Å². The van der Waals surface area contributed by atoms with Gasteiger partial charge in [0.25, 0.3) is 0 Å². The van der Waals surface area contributed by atoms with Gasteiger partial charge in [0.05, 0.1) is 29.5 Å². The molecule has 1 aromatic carbocycles. The average molecular weight is 497 g/mol. The lowest BCUT2D eigenvalue weighted by Gasteiger charge is -2.20. The zero-order valence-electron chi connectivity index (χ0n) is 15.9. The summed E-state index contributed by atoms with van der Waals surface area (Å²) >= 11 is 1.66. The van der Waals surface area contributed by atoms with Crippen LogP contribution in [0.2, 0.25) is 0 Å². The molecule has 0 saturated carbocycles. The fraction of sp³-hybridized carbons (Fsp3) is 0.316. The summed E-state index contributed by atoms with van der Waals surface area (Å²) in [5.41, 5.74) is 4.06. The Morgan fingerprint density at radius 2 is 1.93 bits per heavy atom. The molecule has 2 aromatic heterocycles. The third-order valence-corrected chi connectivity index (χ3v) is 4.74. The molecule has 27 heavy (non-hydrogen) atoms. The highest BCUT2D eigenvalue weighted by atomic mass is 127. The second kappa shape index (κ2) is 9.84. The fourth-order valence-corrected chi connectivity index (χ4v) is 3.17. The Balaban J connectivity index is 0.00000261. The Morgan fingerprint density at radius 1 is 1.19 bits per heavy atom. The quantitative estimate of drug-likeness (QED) is 0.325. The van der Waals surface area contributed by atoms with E-state index < -0.39 is 0 Å². The predicted octanol–water partition coefficient (Wildman–Crippen LogP) is 4.24. The van der Waals surface area contributed by atoms with Gasteiger partial charge in [-0.2, -0.15) is 0 Å². The first-order valence-corrected chi connectivity index (χ1v) is 9.27. The highest BCUT2D eigenvalue weighted by molar-refractivity contribution is 14.0. The van der Waals surface area contributed by atoms with Crippen molar-refractivity contribution in [2.75, 3.05) is 14.1 Å². The van der Waals surface area contributed by atoms with E-state index in [4.69, 9.17) is 4.42 Å². The van der Waals surface area contributed by atoms with Crippen LogP contribution in [0.5, 0.6) is 0 Å². The number of rotatable bonds is 5. The molecule has 6 nitrogen and oxygen atoms in total. The van der Waals surface area contributed by atoms with Gasteiger partial charge in [-0.3, -0.25) is 4.99 Å². The van der Waals surface area contributed by atoms with Crippen molar-refractivity contribution in [3.63, 3.8) is 0 Å². The molecule has 0 spiro atoms. The Kier molecular flexibility index (Phi) is 7.78. The standard InChI is InChI=1S/C19H23N5OS.HI/c1-13-5-7-15(8-6-13)18-23-16(11-25-18)9-21-19(20-3)24(4)10-17-12-26-14(2)22-17;/h5-8,11-12H,9-10H2,1-4H3,(H,20,21);1H. The first-order chi connectivity index (χ1) is 12.5. The van der Waals surface area contributed by atoms with Crippen molar-refractivity contribution in [3.8, 4) is 11.5 Å². The molecule has 0 amide bonds. The molecule has 0 atom stereocenters. The number of oxazole rings is 1. The van der Waals surface area contributed by atoms with Gasteiger partial charge < -0.3 is 14.6 Å². The third-order valence-electron chi connectivity index (χ3n) is 3.92. The Bertz CT molecular complexity index is 888. The van der Waals surface area contributed by atoms with Crippen LogP contribution in [-0.4, -0.2) is 34.9 Å². The Hall–Kier alpha value is -1.94. The van der Waals surface area contributed by atoms with Crippen molar-refractivity contribution in [3.05, 3.63) is 57.9 Å². The minimum absolute atomic E-state index is 0. The number of halogens is 1. The van der Waals surface area contributed by atoms with Gasteiger partial charge in [-0.25, -0.2) is 9.97 Å². The number of guanidine groups is 1. The van der Waals surface area contributed by atoms with E-state index in [0.29, 0.717) is 19.0 Å². The number of aliphatic imine (C=N–C) groups is 1. The summed E-state index contributed by atoms with van der Waals surface area (Å²) in [4.78, 5) is 15.4. The zero-order valence-corrected chi connectivity index (χ0v) is 19.0. The summed E-state index contributed by atoms with van der Waals surface area (Å²) in [6, 6.07) is 8.13. The summed E-state index contributed by atoms with van der Waals surface area (Å²) in [6.45, 7) is 5.32. The lowest BCUT2D eigenvalue weighted by Crippen LogP contribution is -2.38. The van der Waals surface area contributed by atoms with Crippen LogP contribution in [0.25, 0.3) is 11.5 Å². The van der Waals surface area contributed by atoms with E-state index in [9.17, 15) is 0 Å². The van der Waals surface area contributed by atoms with E-state index in [1.165, 1.54) is 5.56 Å². The fourth-order valence-electron chi connectivity index (χ4n) is 2.57. The highest BCUT2D eigenvalue weighted by Crippen LogP contribution is 2.19. The number of nitrogens with zero attached hydrogens (tertiary/aromatic N) is 4. The van der Waals surface area contributed by atoms with Gasteiger partial charge in [-0.1, -0.05) is 17.7 Å². The summed E-state index contributed by atoms with van der Waals surface area (Å²) < 4.78 is 5.60. The van der Waals surface area contributed by atoms with Gasteiger partial charge >= 0.3 is 0 Å². The molecule has 3 aromatic rings.